The number of carbonyl (C=O) groups excluding carboxylic acids is 1. The minimum atomic E-state index is -0.712. The average molecular weight is 382 g/mol. The fourth-order valence-corrected chi connectivity index (χ4v) is 3.49. The summed E-state index contributed by atoms with van der Waals surface area (Å²) < 4.78 is 1.60. The molecule has 1 atom stereocenters. The highest BCUT2D eigenvalue weighted by Crippen LogP contribution is 2.30. The second-order valence-corrected chi connectivity index (χ2v) is 6.12. The third-order valence-electron chi connectivity index (χ3n) is 2.71. The maximum atomic E-state index is 12.1. The summed E-state index contributed by atoms with van der Waals surface area (Å²) in [5, 5.41) is -0.712. The number of rotatable bonds is 2. The molecule has 2 heterocycles. The lowest BCUT2D eigenvalue weighted by atomic mass is 10.2. The highest BCUT2D eigenvalue weighted by molar-refractivity contribution is 9.11. The van der Waals surface area contributed by atoms with Crippen molar-refractivity contribution in [1.29, 1.82) is 0 Å². The van der Waals surface area contributed by atoms with E-state index in [0.29, 0.717) is 5.69 Å². The van der Waals surface area contributed by atoms with Crippen LogP contribution < -0.4 is 0 Å². The molecule has 0 spiro atoms. The van der Waals surface area contributed by atoms with Crippen molar-refractivity contribution in [1.82, 2.24) is 9.88 Å². The molecule has 1 amide bonds. The van der Waals surface area contributed by atoms with Crippen LogP contribution in [0.25, 0.3) is 0 Å². The lowest BCUT2D eigenvalue weighted by Crippen LogP contribution is -2.31. The summed E-state index contributed by atoms with van der Waals surface area (Å²) in [6, 6.07) is 1.84. The average Bonchev–Trinajstić information content (AvgIpc) is 2.80. The highest BCUT2D eigenvalue weighted by atomic mass is 79.9. The molecule has 0 aliphatic carbocycles. The standard InChI is InChI=1S/C11H11Br2ClN2O/c12-7-5-8(13)10(15-6-7)9(14)11(17)16-3-1-2-4-16/h5-6,9H,1-4H2. The first kappa shape index (κ1) is 13.3. The Labute approximate surface area is 122 Å². The Kier molecular flexibility index (Phi) is 4.44. The molecule has 0 aromatic carbocycles. The van der Waals surface area contributed by atoms with Gasteiger partial charge < -0.3 is 4.90 Å². The van der Waals surface area contributed by atoms with Crippen LogP contribution in [0.1, 0.15) is 23.9 Å². The molecule has 0 saturated carbocycles. The van der Waals surface area contributed by atoms with Crippen LogP contribution in [-0.4, -0.2) is 28.9 Å². The van der Waals surface area contributed by atoms with Crippen LogP contribution in [0.4, 0.5) is 0 Å². The van der Waals surface area contributed by atoms with Crippen molar-refractivity contribution >= 4 is 49.4 Å². The van der Waals surface area contributed by atoms with E-state index in [1.165, 1.54) is 0 Å². The molecule has 0 N–H and O–H groups in total. The van der Waals surface area contributed by atoms with Crippen LogP contribution in [0.3, 0.4) is 0 Å². The predicted molar refractivity (Wildman–Crippen MR) is 74.0 cm³/mol. The summed E-state index contributed by atoms with van der Waals surface area (Å²) in [6.45, 7) is 1.60. The van der Waals surface area contributed by atoms with Gasteiger partial charge in [0.25, 0.3) is 0 Å². The molecular weight excluding hydrogens is 371 g/mol. The Balaban J connectivity index is 2.18. The lowest BCUT2D eigenvalue weighted by molar-refractivity contribution is -0.129. The summed E-state index contributed by atoms with van der Waals surface area (Å²) >= 11 is 12.9. The molecule has 2 rings (SSSR count). The van der Waals surface area contributed by atoms with Crippen LogP contribution in [0.5, 0.6) is 0 Å². The Morgan fingerprint density at radius 1 is 1.41 bits per heavy atom. The molecule has 1 aromatic heterocycles. The van der Waals surface area contributed by atoms with Crippen molar-refractivity contribution in [2.24, 2.45) is 0 Å². The van der Waals surface area contributed by atoms with E-state index in [4.69, 9.17) is 11.6 Å². The normalized spacial score (nSPS) is 17.2. The minimum absolute atomic E-state index is 0.0558. The number of alkyl halides is 1. The zero-order chi connectivity index (χ0) is 12.4. The second kappa shape index (κ2) is 5.67. The van der Waals surface area contributed by atoms with Gasteiger partial charge in [0.05, 0.1) is 5.69 Å². The topological polar surface area (TPSA) is 33.2 Å². The number of amides is 1. The van der Waals surface area contributed by atoms with E-state index >= 15 is 0 Å². The monoisotopic (exact) mass is 380 g/mol. The fourth-order valence-electron chi connectivity index (χ4n) is 1.83. The zero-order valence-corrected chi connectivity index (χ0v) is 12.9. The van der Waals surface area contributed by atoms with Crippen LogP contribution in [0.2, 0.25) is 0 Å². The van der Waals surface area contributed by atoms with Gasteiger partial charge in [0.2, 0.25) is 5.91 Å². The van der Waals surface area contributed by atoms with Gasteiger partial charge in [-0.15, -0.1) is 11.6 Å². The van der Waals surface area contributed by atoms with Crippen molar-refractivity contribution in [2.45, 2.75) is 18.2 Å². The van der Waals surface area contributed by atoms with E-state index in [2.05, 4.69) is 36.8 Å². The number of hydrogen-bond acceptors (Lipinski definition) is 2. The summed E-state index contributed by atoms with van der Waals surface area (Å²) in [4.78, 5) is 18.1. The van der Waals surface area contributed by atoms with Crippen molar-refractivity contribution in [3.05, 3.63) is 26.9 Å². The molecule has 0 bridgehead atoms. The van der Waals surface area contributed by atoms with Gasteiger partial charge in [-0.25, -0.2) is 0 Å². The van der Waals surface area contributed by atoms with Crippen molar-refractivity contribution < 1.29 is 4.79 Å². The van der Waals surface area contributed by atoms with Gasteiger partial charge in [0.1, 0.15) is 0 Å². The molecule has 6 heteroatoms. The number of pyridine rings is 1. The summed E-state index contributed by atoms with van der Waals surface area (Å²) in [7, 11) is 0. The minimum Gasteiger partial charge on any atom is -0.341 e. The smallest absolute Gasteiger partial charge is 0.246 e. The number of carbonyl (C=O) groups is 1. The quantitative estimate of drug-likeness (QED) is 0.734. The maximum Gasteiger partial charge on any atom is 0.246 e. The van der Waals surface area contributed by atoms with Gasteiger partial charge >= 0.3 is 0 Å². The molecule has 1 unspecified atom stereocenters. The SMILES string of the molecule is O=C(C(Cl)c1ncc(Br)cc1Br)N1CCCC1. The number of nitrogens with zero attached hydrogens (tertiary/aromatic N) is 2. The zero-order valence-electron chi connectivity index (χ0n) is 9.00. The van der Waals surface area contributed by atoms with E-state index in [0.717, 1.165) is 34.9 Å². The Morgan fingerprint density at radius 3 is 2.65 bits per heavy atom. The summed E-state index contributed by atoms with van der Waals surface area (Å²) in [5.41, 5.74) is 0.576. The van der Waals surface area contributed by atoms with Gasteiger partial charge in [0, 0.05) is 28.2 Å². The largest absolute Gasteiger partial charge is 0.341 e. The third kappa shape index (κ3) is 3.01. The van der Waals surface area contributed by atoms with E-state index < -0.39 is 5.38 Å². The van der Waals surface area contributed by atoms with Crippen LogP contribution in [0.15, 0.2) is 21.2 Å². The first-order chi connectivity index (χ1) is 8.09. The fraction of sp³-hybridized carbons (Fsp3) is 0.455. The van der Waals surface area contributed by atoms with Gasteiger partial charge in [-0.1, -0.05) is 0 Å². The Bertz CT molecular complexity index is 435. The summed E-state index contributed by atoms with van der Waals surface area (Å²) in [6.07, 6.45) is 3.77. The van der Waals surface area contributed by atoms with Crippen molar-refractivity contribution in [3.63, 3.8) is 0 Å². The predicted octanol–water partition coefficient (Wildman–Crippen LogP) is 3.51. The maximum absolute atomic E-state index is 12.1. The van der Waals surface area contributed by atoms with E-state index in [1.54, 1.807) is 11.1 Å². The number of halogens is 3. The molecule has 1 aliphatic heterocycles. The van der Waals surface area contributed by atoms with E-state index in [1.807, 2.05) is 6.07 Å². The first-order valence-corrected chi connectivity index (χ1v) is 7.35. The van der Waals surface area contributed by atoms with Gasteiger partial charge in [0.15, 0.2) is 5.38 Å². The number of aromatic nitrogens is 1. The van der Waals surface area contributed by atoms with Crippen molar-refractivity contribution in [2.75, 3.05) is 13.1 Å². The highest BCUT2D eigenvalue weighted by Gasteiger charge is 2.28. The van der Waals surface area contributed by atoms with Crippen LogP contribution in [0, 0.1) is 0 Å². The molecule has 1 fully saturated rings. The number of likely N-dealkylation sites (tertiary alicyclic amines) is 1. The molecule has 1 aliphatic rings. The summed E-state index contributed by atoms with van der Waals surface area (Å²) in [5.74, 6) is -0.0558. The first-order valence-electron chi connectivity index (χ1n) is 5.33. The van der Waals surface area contributed by atoms with E-state index in [-0.39, 0.29) is 5.91 Å². The third-order valence-corrected chi connectivity index (χ3v) is 4.17. The molecule has 3 nitrogen and oxygen atoms in total. The molecule has 92 valence electrons. The van der Waals surface area contributed by atoms with Gasteiger partial charge in [-0.3, -0.25) is 9.78 Å². The van der Waals surface area contributed by atoms with Gasteiger partial charge in [-0.05, 0) is 50.8 Å². The molecule has 0 radical (unpaired) electrons. The Hall–Kier alpha value is -0.130. The molecule has 1 saturated heterocycles. The Morgan fingerprint density at radius 2 is 2.06 bits per heavy atom. The molecule has 17 heavy (non-hydrogen) atoms. The van der Waals surface area contributed by atoms with Crippen LogP contribution >= 0.6 is 43.5 Å². The van der Waals surface area contributed by atoms with Gasteiger partial charge in [-0.2, -0.15) is 0 Å². The molecule has 1 aromatic rings. The lowest BCUT2D eigenvalue weighted by Gasteiger charge is -2.19. The number of hydrogen-bond donors (Lipinski definition) is 0. The molecular formula is C11H11Br2ClN2O. The van der Waals surface area contributed by atoms with Crippen molar-refractivity contribution in [3.8, 4) is 0 Å². The van der Waals surface area contributed by atoms with Crippen LogP contribution in [-0.2, 0) is 4.79 Å². The van der Waals surface area contributed by atoms with E-state index in [9.17, 15) is 4.79 Å². The second-order valence-electron chi connectivity index (χ2n) is 3.92.